The van der Waals surface area contributed by atoms with E-state index < -0.39 is 0 Å². The first kappa shape index (κ1) is 20.1. The third kappa shape index (κ3) is 5.03. The van der Waals surface area contributed by atoms with Crippen molar-refractivity contribution in [3.63, 3.8) is 0 Å². The summed E-state index contributed by atoms with van der Waals surface area (Å²) in [5.41, 5.74) is 2.11. The zero-order valence-corrected chi connectivity index (χ0v) is 18.2. The Labute approximate surface area is 188 Å². The minimum absolute atomic E-state index is 0.188. The van der Waals surface area contributed by atoms with Crippen LogP contribution in [0.5, 0.6) is 5.75 Å². The lowest BCUT2D eigenvalue weighted by atomic mass is 10.1. The number of amides is 1. The number of fused-ring (bicyclic) bond motifs is 1. The highest BCUT2D eigenvalue weighted by Gasteiger charge is 2.08. The van der Waals surface area contributed by atoms with E-state index in [1.165, 1.54) is 0 Å². The third-order valence-electron chi connectivity index (χ3n) is 4.43. The van der Waals surface area contributed by atoms with Gasteiger partial charge in [-0.15, -0.1) is 0 Å². The summed E-state index contributed by atoms with van der Waals surface area (Å²) in [6.07, 6.45) is 0. The molecule has 0 atom stereocenters. The topological polar surface area (TPSA) is 50.4 Å². The molecule has 0 fully saturated rings. The van der Waals surface area contributed by atoms with E-state index in [4.69, 9.17) is 17.0 Å². The Morgan fingerprint density at radius 3 is 2.17 bits per heavy atom. The van der Waals surface area contributed by atoms with E-state index in [9.17, 15) is 4.79 Å². The van der Waals surface area contributed by atoms with Gasteiger partial charge in [0.15, 0.2) is 0 Å². The number of carbonyl (C=O) groups is 1. The summed E-state index contributed by atoms with van der Waals surface area (Å²) < 4.78 is 6.61. The molecule has 0 saturated carbocycles. The van der Waals surface area contributed by atoms with Crippen molar-refractivity contribution >= 4 is 61.4 Å². The van der Waals surface area contributed by atoms with Crippen LogP contribution in [0.3, 0.4) is 0 Å². The summed E-state index contributed by atoms with van der Waals surface area (Å²) in [5, 5.41) is 8.37. The Hall–Kier alpha value is -3.22. The molecule has 0 aliphatic rings. The molecule has 6 heteroatoms. The van der Waals surface area contributed by atoms with Gasteiger partial charge in [-0.2, -0.15) is 0 Å². The van der Waals surface area contributed by atoms with Crippen LogP contribution in [-0.4, -0.2) is 11.1 Å². The Balaban J connectivity index is 1.37. The smallest absolute Gasteiger partial charge is 0.266 e. The van der Waals surface area contributed by atoms with E-state index >= 15 is 0 Å². The van der Waals surface area contributed by atoms with Gasteiger partial charge in [-0.1, -0.05) is 46.3 Å². The highest BCUT2D eigenvalue weighted by atomic mass is 79.9. The predicted molar refractivity (Wildman–Crippen MR) is 129 cm³/mol. The maximum absolute atomic E-state index is 12.6. The summed E-state index contributed by atoms with van der Waals surface area (Å²) >= 11 is 8.63. The largest absolute Gasteiger partial charge is 0.432 e. The maximum Gasteiger partial charge on any atom is 0.266 e. The second-order valence-corrected chi connectivity index (χ2v) is 7.85. The zero-order chi connectivity index (χ0) is 20.9. The highest BCUT2D eigenvalue weighted by Crippen LogP contribution is 2.20. The molecule has 0 heterocycles. The number of rotatable bonds is 4. The van der Waals surface area contributed by atoms with Crippen LogP contribution < -0.4 is 15.4 Å². The van der Waals surface area contributed by atoms with Gasteiger partial charge in [0.05, 0.1) is 0 Å². The van der Waals surface area contributed by atoms with Gasteiger partial charge < -0.3 is 15.4 Å². The SMILES string of the molecule is O=C(Nc1ccc2ccccc2c1)c1ccc(OC(=S)Nc2ccc(Br)cc2)cc1. The van der Waals surface area contributed by atoms with E-state index in [0.717, 1.165) is 26.6 Å². The van der Waals surface area contributed by atoms with Crippen LogP contribution in [0, 0.1) is 0 Å². The quantitative estimate of drug-likeness (QED) is 0.324. The van der Waals surface area contributed by atoms with E-state index in [0.29, 0.717) is 11.3 Å². The fourth-order valence-electron chi connectivity index (χ4n) is 2.93. The standard InChI is InChI=1S/C24H17BrN2O2S/c25-19-8-11-20(12-9-19)27-24(30)29-22-13-6-17(7-14-22)23(28)26-21-10-5-16-3-1-2-4-18(16)15-21/h1-15H,(H,26,28)(H,27,30). The zero-order valence-electron chi connectivity index (χ0n) is 15.8. The fourth-order valence-corrected chi connectivity index (χ4v) is 3.41. The van der Waals surface area contributed by atoms with Crippen molar-refractivity contribution in [1.82, 2.24) is 0 Å². The number of halogens is 1. The molecule has 4 aromatic rings. The normalized spacial score (nSPS) is 10.4. The lowest BCUT2D eigenvalue weighted by Gasteiger charge is -2.10. The number of hydrogen-bond acceptors (Lipinski definition) is 3. The number of thiocarbonyl (C=S) groups is 1. The molecule has 4 rings (SSSR count). The van der Waals surface area contributed by atoms with Crippen LogP contribution in [0.25, 0.3) is 10.8 Å². The number of benzene rings is 4. The Morgan fingerprint density at radius 1 is 0.767 bits per heavy atom. The van der Waals surface area contributed by atoms with Crippen molar-refractivity contribution < 1.29 is 9.53 Å². The van der Waals surface area contributed by atoms with E-state index in [1.807, 2.05) is 66.7 Å². The lowest BCUT2D eigenvalue weighted by molar-refractivity contribution is 0.102. The second kappa shape index (κ2) is 9.07. The number of nitrogens with one attached hydrogen (secondary N) is 2. The van der Waals surface area contributed by atoms with Gasteiger partial charge in [0, 0.05) is 21.4 Å². The highest BCUT2D eigenvalue weighted by molar-refractivity contribution is 9.10. The summed E-state index contributed by atoms with van der Waals surface area (Å²) in [6.45, 7) is 0. The molecule has 2 N–H and O–H groups in total. The second-order valence-electron chi connectivity index (χ2n) is 6.56. The van der Waals surface area contributed by atoms with Crippen molar-refractivity contribution in [2.75, 3.05) is 10.6 Å². The third-order valence-corrected chi connectivity index (χ3v) is 5.14. The van der Waals surface area contributed by atoms with Crippen LogP contribution in [0.15, 0.2) is 95.5 Å². The fraction of sp³-hybridized carbons (Fsp3) is 0. The van der Waals surface area contributed by atoms with Gasteiger partial charge >= 0.3 is 0 Å². The molecule has 0 radical (unpaired) electrons. The molecule has 0 aromatic heterocycles. The number of ether oxygens (including phenoxy) is 1. The molecule has 0 aliphatic carbocycles. The van der Waals surface area contributed by atoms with Gasteiger partial charge in [0.25, 0.3) is 11.1 Å². The van der Waals surface area contributed by atoms with Crippen LogP contribution >= 0.6 is 28.1 Å². The van der Waals surface area contributed by atoms with E-state index in [2.05, 4.69) is 26.6 Å². The van der Waals surface area contributed by atoms with Gasteiger partial charge in [-0.25, -0.2) is 0 Å². The van der Waals surface area contributed by atoms with Crippen molar-refractivity contribution in [2.24, 2.45) is 0 Å². The lowest BCUT2D eigenvalue weighted by Crippen LogP contribution is -2.16. The molecule has 1 amide bonds. The molecule has 0 unspecified atom stereocenters. The minimum atomic E-state index is -0.188. The van der Waals surface area contributed by atoms with Crippen molar-refractivity contribution in [3.8, 4) is 5.75 Å². The summed E-state index contributed by atoms with van der Waals surface area (Å²) in [5.74, 6) is 0.360. The molecular weight excluding hydrogens is 460 g/mol. The maximum atomic E-state index is 12.6. The molecule has 0 bridgehead atoms. The molecule has 4 nitrogen and oxygen atoms in total. The molecule has 30 heavy (non-hydrogen) atoms. The minimum Gasteiger partial charge on any atom is -0.432 e. The number of anilines is 2. The summed E-state index contributed by atoms with van der Waals surface area (Å²) in [7, 11) is 0. The predicted octanol–water partition coefficient (Wildman–Crippen LogP) is 6.63. The molecular formula is C24H17BrN2O2S. The summed E-state index contributed by atoms with van der Waals surface area (Å²) in [4.78, 5) is 12.6. The van der Waals surface area contributed by atoms with Gasteiger partial charge in [-0.05, 0) is 83.7 Å². The van der Waals surface area contributed by atoms with Crippen LogP contribution in [0.1, 0.15) is 10.4 Å². The average Bonchev–Trinajstić information content (AvgIpc) is 2.76. The average molecular weight is 477 g/mol. The van der Waals surface area contributed by atoms with Crippen LogP contribution in [0.2, 0.25) is 0 Å². The Morgan fingerprint density at radius 2 is 1.43 bits per heavy atom. The number of hydrogen-bond donors (Lipinski definition) is 2. The molecule has 148 valence electrons. The van der Waals surface area contributed by atoms with E-state index in [1.54, 1.807) is 24.3 Å². The first-order valence-corrected chi connectivity index (χ1v) is 10.4. The Kier molecular flexibility index (Phi) is 6.07. The van der Waals surface area contributed by atoms with Crippen LogP contribution in [0.4, 0.5) is 11.4 Å². The molecule has 0 spiro atoms. The first-order valence-electron chi connectivity index (χ1n) is 9.21. The Bertz CT molecular complexity index is 1210. The monoisotopic (exact) mass is 476 g/mol. The first-order chi connectivity index (χ1) is 14.6. The van der Waals surface area contributed by atoms with Gasteiger partial charge in [0.1, 0.15) is 5.75 Å². The van der Waals surface area contributed by atoms with E-state index in [-0.39, 0.29) is 11.1 Å². The van der Waals surface area contributed by atoms with Gasteiger partial charge in [0.2, 0.25) is 0 Å². The van der Waals surface area contributed by atoms with Crippen molar-refractivity contribution in [1.29, 1.82) is 0 Å². The number of carbonyl (C=O) groups excluding carboxylic acids is 1. The molecule has 0 aliphatic heterocycles. The summed E-state index contributed by atoms with van der Waals surface area (Å²) in [6, 6.07) is 28.3. The molecule has 4 aromatic carbocycles. The van der Waals surface area contributed by atoms with Crippen molar-refractivity contribution in [2.45, 2.75) is 0 Å². The molecule has 0 saturated heterocycles. The van der Waals surface area contributed by atoms with Crippen molar-refractivity contribution in [3.05, 3.63) is 101 Å². The van der Waals surface area contributed by atoms with Crippen LogP contribution in [-0.2, 0) is 0 Å². The van der Waals surface area contributed by atoms with Gasteiger partial charge in [-0.3, -0.25) is 4.79 Å².